The number of likely N-dealkylation sites (tertiary alicyclic amines) is 1. The van der Waals surface area contributed by atoms with E-state index in [-0.39, 0.29) is 30.1 Å². The number of urea groups is 1. The van der Waals surface area contributed by atoms with Crippen LogP contribution in [0.4, 0.5) is 4.79 Å². The Labute approximate surface area is 191 Å². The van der Waals surface area contributed by atoms with Gasteiger partial charge < -0.3 is 15.1 Å². The van der Waals surface area contributed by atoms with Gasteiger partial charge in [0, 0.05) is 51.9 Å². The fourth-order valence-electron chi connectivity index (χ4n) is 5.07. The SMILES string of the molecule is N#Cc1ccc(S(=O)(=O)N2CCN(C(=O)NC3CCN(CC4CCCC4)CC3)CC2)cc1. The largest absolute Gasteiger partial charge is 0.335 e. The van der Waals surface area contributed by atoms with E-state index in [9.17, 15) is 13.2 Å². The Morgan fingerprint density at radius 2 is 1.59 bits per heavy atom. The molecule has 4 rings (SSSR count). The van der Waals surface area contributed by atoms with Crippen LogP contribution in [0.1, 0.15) is 44.1 Å². The summed E-state index contributed by atoms with van der Waals surface area (Å²) in [6.45, 7) is 4.58. The van der Waals surface area contributed by atoms with Crippen molar-refractivity contribution < 1.29 is 13.2 Å². The van der Waals surface area contributed by atoms with Crippen LogP contribution in [0.25, 0.3) is 0 Å². The van der Waals surface area contributed by atoms with Crippen molar-refractivity contribution in [2.24, 2.45) is 5.92 Å². The average molecular weight is 460 g/mol. The number of nitrogens with one attached hydrogen (secondary N) is 1. The topological polar surface area (TPSA) is 96.7 Å². The second-order valence-electron chi connectivity index (χ2n) is 9.20. The molecule has 8 nitrogen and oxygen atoms in total. The van der Waals surface area contributed by atoms with Crippen molar-refractivity contribution in [3.63, 3.8) is 0 Å². The molecule has 2 amide bonds. The lowest BCUT2D eigenvalue weighted by molar-refractivity contribution is 0.149. The standard InChI is InChI=1S/C23H33N5O3S/c24-17-19-5-7-22(8-6-19)32(30,31)28-15-13-27(14-16-28)23(29)25-21-9-11-26(12-10-21)18-20-3-1-2-4-20/h5-8,20-21H,1-4,9-16,18H2,(H,25,29). The molecule has 174 valence electrons. The fourth-order valence-corrected chi connectivity index (χ4v) is 6.49. The molecule has 1 N–H and O–H groups in total. The Hall–Kier alpha value is -2.15. The summed E-state index contributed by atoms with van der Waals surface area (Å²) in [6.07, 6.45) is 7.43. The molecule has 2 aliphatic heterocycles. The van der Waals surface area contributed by atoms with Crippen LogP contribution in [0.5, 0.6) is 0 Å². The molecule has 2 saturated heterocycles. The van der Waals surface area contributed by atoms with Crippen LogP contribution in [0.3, 0.4) is 0 Å². The summed E-state index contributed by atoms with van der Waals surface area (Å²) in [4.78, 5) is 17.2. The first-order chi connectivity index (χ1) is 15.5. The third-order valence-electron chi connectivity index (χ3n) is 7.05. The van der Waals surface area contributed by atoms with Gasteiger partial charge in [-0.15, -0.1) is 0 Å². The van der Waals surface area contributed by atoms with Gasteiger partial charge in [0.05, 0.1) is 16.5 Å². The smallest absolute Gasteiger partial charge is 0.317 e. The van der Waals surface area contributed by atoms with Crippen LogP contribution in [0, 0.1) is 17.2 Å². The van der Waals surface area contributed by atoms with Crippen molar-refractivity contribution in [3.05, 3.63) is 29.8 Å². The van der Waals surface area contributed by atoms with Gasteiger partial charge in [0.1, 0.15) is 0 Å². The normalized spacial score (nSPS) is 22.0. The molecule has 0 unspecified atom stereocenters. The molecule has 3 fully saturated rings. The highest BCUT2D eigenvalue weighted by Crippen LogP contribution is 2.26. The highest BCUT2D eigenvalue weighted by Gasteiger charge is 2.31. The van der Waals surface area contributed by atoms with E-state index in [2.05, 4.69) is 10.2 Å². The number of hydrogen-bond donors (Lipinski definition) is 1. The summed E-state index contributed by atoms with van der Waals surface area (Å²) in [5.41, 5.74) is 0.426. The number of rotatable bonds is 5. The summed E-state index contributed by atoms with van der Waals surface area (Å²) in [7, 11) is -3.62. The van der Waals surface area contributed by atoms with E-state index in [1.807, 2.05) is 6.07 Å². The summed E-state index contributed by atoms with van der Waals surface area (Å²) in [5.74, 6) is 0.859. The second kappa shape index (κ2) is 10.2. The van der Waals surface area contributed by atoms with Crippen molar-refractivity contribution in [1.82, 2.24) is 19.4 Å². The predicted octanol–water partition coefficient (Wildman–Crippen LogP) is 2.23. The van der Waals surface area contributed by atoms with E-state index in [0.29, 0.717) is 18.7 Å². The maximum absolute atomic E-state index is 12.9. The number of amides is 2. The van der Waals surface area contributed by atoms with Crippen molar-refractivity contribution in [2.75, 3.05) is 45.8 Å². The zero-order valence-electron chi connectivity index (χ0n) is 18.6. The first-order valence-corrected chi connectivity index (χ1v) is 13.2. The minimum Gasteiger partial charge on any atom is -0.335 e. The first-order valence-electron chi connectivity index (χ1n) is 11.7. The minimum atomic E-state index is -3.62. The highest BCUT2D eigenvalue weighted by molar-refractivity contribution is 7.89. The van der Waals surface area contributed by atoms with Crippen LogP contribution in [-0.4, -0.2) is 80.4 Å². The fraction of sp³-hybridized carbons (Fsp3) is 0.652. The van der Waals surface area contributed by atoms with Crippen molar-refractivity contribution in [1.29, 1.82) is 5.26 Å². The molecule has 0 spiro atoms. The monoisotopic (exact) mass is 459 g/mol. The molecule has 1 aromatic carbocycles. The molecule has 3 aliphatic rings. The zero-order chi connectivity index (χ0) is 22.6. The van der Waals surface area contributed by atoms with Crippen LogP contribution in [-0.2, 0) is 10.0 Å². The molecule has 9 heteroatoms. The maximum Gasteiger partial charge on any atom is 0.317 e. The number of piperidine rings is 1. The second-order valence-corrected chi connectivity index (χ2v) is 11.1. The third kappa shape index (κ3) is 5.42. The molecule has 0 bridgehead atoms. The summed E-state index contributed by atoms with van der Waals surface area (Å²) in [5, 5.41) is 12.1. The Bertz CT molecular complexity index is 921. The number of hydrogen-bond acceptors (Lipinski definition) is 5. The van der Waals surface area contributed by atoms with E-state index in [0.717, 1.165) is 31.8 Å². The van der Waals surface area contributed by atoms with Gasteiger partial charge in [0.2, 0.25) is 10.0 Å². The van der Waals surface area contributed by atoms with Gasteiger partial charge in [-0.2, -0.15) is 9.57 Å². The Kier molecular flexibility index (Phi) is 7.33. The van der Waals surface area contributed by atoms with Crippen LogP contribution >= 0.6 is 0 Å². The molecule has 1 aliphatic carbocycles. The van der Waals surface area contributed by atoms with E-state index in [1.165, 1.54) is 60.8 Å². The molecular weight excluding hydrogens is 426 g/mol. The van der Waals surface area contributed by atoms with Gasteiger partial charge in [-0.25, -0.2) is 13.2 Å². The van der Waals surface area contributed by atoms with Crippen molar-refractivity contribution >= 4 is 16.1 Å². The average Bonchev–Trinajstić information content (AvgIpc) is 3.33. The number of nitrogens with zero attached hydrogens (tertiary/aromatic N) is 4. The molecule has 1 saturated carbocycles. The summed E-state index contributed by atoms with van der Waals surface area (Å²) in [6, 6.07) is 8.05. The Balaban J connectivity index is 1.22. The van der Waals surface area contributed by atoms with Crippen LogP contribution in [0.2, 0.25) is 0 Å². The maximum atomic E-state index is 12.9. The number of nitriles is 1. The summed E-state index contributed by atoms with van der Waals surface area (Å²) >= 11 is 0. The molecule has 32 heavy (non-hydrogen) atoms. The lowest BCUT2D eigenvalue weighted by atomic mass is 10.0. The number of sulfonamides is 1. The van der Waals surface area contributed by atoms with E-state index in [4.69, 9.17) is 5.26 Å². The Morgan fingerprint density at radius 1 is 0.969 bits per heavy atom. The quantitative estimate of drug-likeness (QED) is 0.728. The number of benzene rings is 1. The Morgan fingerprint density at radius 3 is 2.19 bits per heavy atom. The van der Waals surface area contributed by atoms with Crippen LogP contribution < -0.4 is 5.32 Å². The number of piperazine rings is 1. The third-order valence-corrected chi connectivity index (χ3v) is 8.97. The highest BCUT2D eigenvalue weighted by atomic mass is 32.2. The van der Waals surface area contributed by atoms with E-state index < -0.39 is 10.0 Å². The molecule has 1 aromatic rings. The number of carbonyl (C=O) groups excluding carboxylic acids is 1. The van der Waals surface area contributed by atoms with Crippen LogP contribution in [0.15, 0.2) is 29.2 Å². The first kappa shape index (κ1) is 23.0. The molecule has 0 atom stereocenters. The zero-order valence-corrected chi connectivity index (χ0v) is 19.4. The number of carbonyl (C=O) groups is 1. The summed E-state index contributed by atoms with van der Waals surface area (Å²) < 4.78 is 27.1. The van der Waals surface area contributed by atoms with Gasteiger partial charge >= 0.3 is 6.03 Å². The van der Waals surface area contributed by atoms with Gasteiger partial charge in [-0.3, -0.25) is 0 Å². The van der Waals surface area contributed by atoms with E-state index >= 15 is 0 Å². The van der Waals surface area contributed by atoms with Crippen molar-refractivity contribution in [3.8, 4) is 6.07 Å². The lowest BCUT2D eigenvalue weighted by Crippen LogP contribution is -2.55. The molecular formula is C23H33N5O3S. The van der Waals surface area contributed by atoms with Crippen molar-refractivity contribution in [2.45, 2.75) is 49.5 Å². The minimum absolute atomic E-state index is 0.0883. The molecule has 2 heterocycles. The predicted molar refractivity (Wildman–Crippen MR) is 121 cm³/mol. The lowest BCUT2D eigenvalue weighted by Gasteiger charge is -2.37. The molecule has 0 radical (unpaired) electrons. The van der Waals surface area contributed by atoms with Gasteiger partial charge in [0.25, 0.3) is 0 Å². The van der Waals surface area contributed by atoms with Gasteiger partial charge in [-0.1, -0.05) is 12.8 Å². The van der Waals surface area contributed by atoms with Gasteiger partial charge in [0.15, 0.2) is 0 Å². The van der Waals surface area contributed by atoms with Gasteiger partial charge in [-0.05, 0) is 55.9 Å². The van der Waals surface area contributed by atoms with E-state index in [1.54, 1.807) is 4.90 Å². The molecule has 0 aromatic heterocycles.